The molecule has 2 aliphatic rings. The molecule has 0 aliphatic carbocycles. The first-order chi connectivity index (χ1) is 9.81. The predicted molar refractivity (Wildman–Crippen MR) is 76.0 cm³/mol. The molecule has 1 aromatic carbocycles. The van der Waals surface area contributed by atoms with Gasteiger partial charge in [0.1, 0.15) is 5.37 Å². The zero-order valence-electron chi connectivity index (χ0n) is 11.3. The van der Waals surface area contributed by atoms with Crippen molar-refractivity contribution >= 4 is 17.7 Å². The Balaban J connectivity index is 1.81. The van der Waals surface area contributed by atoms with Gasteiger partial charge in [-0.1, -0.05) is 12.1 Å². The van der Waals surface area contributed by atoms with Gasteiger partial charge in [0, 0.05) is 25.8 Å². The fourth-order valence-electron chi connectivity index (χ4n) is 2.48. The molecular weight excluding hydrogens is 278 g/mol. The Hall–Kier alpha value is -1.40. The van der Waals surface area contributed by atoms with Crippen molar-refractivity contribution in [3.8, 4) is 11.5 Å². The second kappa shape index (κ2) is 5.93. The molecule has 1 fully saturated rings. The van der Waals surface area contributed by atoms with Crippen LogP contribution in [0.1, 0.15) is 17.4 Å². The highest BCUT2D eigenvalue weighted by molar-refractivity contribution is 8.00. The molecule has 2 aliphatic heterocycles. The van der Waals surface area contributed by atoms with E-state index in [1.807, 2.05) is 23.1 Å². The Bertz CT molecular complexity index is 508. The second-order valence-electron chi connectivity index (χ2n) is 4.68. The number of para-hydroxylation sites is 1. The first-order valence-corrected chi connectivity index (χ1v) is 7.64. The van der Waals surface area contributed by atoms with Gasteiger partial charge in [0.15, 0.2) is 11.5 Å². The second-order valence-corrected chi connectivity index (χ2v) is 5.75. The van der Waals surface area contributed by atoms with E-state index in [4.69, 9.17) is 14.2 Å². The van der Waals surface area contributed by atoms with Crippen LogP contribution in [-0.4, -0.2) is 43.6 Å². The van der Waals surface area contributed by atoms with Crippen LogP contribution in [0.3, 0.4) is 0 Å². The number of fused-ring (bicyclic) bond motifs is 1. The fourth-order valence-corrected chi connectivity index (χ4v) is 3.71. The Morgan fingerprint density at radius 2 is 2.35 bits per heavy atom. The average Bonchev–Trinajstić information content (AvgIpc) is 3.06. The highest BCUT2D eigenvalue weighted by Crippen LogP contribution is 2.46. The maximum absolute atomic E-state index is 12.0. The van der Waals surface area contributed by atoms with Gasteiger partial charge in [-0.3, -0.25) is 4.79 Å². The summed E-state index contributed by atoms with van der Waals surface area (Å²) < 4.78 is 16.0. The molecule has 1 amide bonds. The largest absolute Gasteiger partial charge is 0.454 e. The molecule has 0 aromatic heterocycles. The minimum atomic E-state index is 0.0102. The van der Waals surface area contributed by atoms with Crippen LogP contribution in [0.4, 0.5) is 0 Å². The van der Waals surface area contributed by atoms with E-state index >= 15 is 0 Å². The van der Waals surface area contributed by atoms with Crippen LogP contribution in [0.15, 0.2) is 18.2 Å². The Kier molecular flexibility index (Phi) is 4.03. The number of hydrogen-bond acceptors (Lipinski definition) is 5. The third kappa shape index (κ3) is 2.45. The van der Waals surface area contributed by atoms with Gasteiger partial charge in [0.2, 0.25) is 12.7 Å². The summed E-state index contributed by atoms with van der Waals surface area (Å²) in [6.45, 7) is 1.61. The highest BCUT2D eigenvalue weighted by atomic mass is 32.2. The lowest BCUT2D eigenvalue weighted by Crippen LogP contribution is -2.30. The van der Waals surface area contributed by atoms with Crippen LogP contribution < -0.4 is 9.47 Å². The van der Waals surface area contributed by atoms with Crippen molar-refractivity contribution in [3.05, 3.63) is 23.8 Å². The number of nitrogens with zero attached hydrogens (tertiary/aromatic N) is 1. The summed E-state index contributed by atoms with van der Waals surface area (Å²) >= 11 is 1.64. The monoisotopic (exact) mass is 295 g/mol. The number of benzene rings is 1. The lowest BCUT2D eigenvalue weighted by Gasteiger charge is -2.24. The molecule has 6 heteroatoms. The summed E-state index contributed by atoms with van der Waals surface area (Å²) in [7, 11) is 1.67. The van der Waals surface area contributed by atoms with Gasteiger partial charge < -0.3 is 19.1 Å². The molecule has 3 rings (SSSR count). The number of carbonyl (C=O) groups excluding carboxylic acids is 1. The first-order valence-electron chi connectivity index (χ1n) is 6.60. The van der Waals surface area contributed by atoms with E-state index in [1.165, 1.54) is 0 Å². The van der Waals surface area contributed by atoms with Crippen molar-refractivity contribution in [1.29, 1.82) is 0 Å². The minimum Gasteiger partial charge on any atom is -0.454 e. The normalized spacial score (nSPS) is 20.8. The van der Waals surface area contributed by atoms with Crippen LogP contribution in [-0.2, 0) is 9.53 Å². The number of methoxy groups -OCH3 is 1. The van der Waals surface area contributed by atoms with E-state index in [0.29, 0.717) is 18.9 Å². The molecular formula is C14H17NO4S. The van der Waals surface area contributed by atoms with Gasteiger partial charge in [-0.2, -0.15) is 0 Å². The molecule has 1 aromatic rings. The third-order valence-corrected chi connectivity index (χ3v) is 4.65. The van der Waals surface area contributed by atoms with Gasteiger partial charge in [-0.15, -0.1) is 11.8 Å². The van der Waals surface area contributed by atoms with Crippen LogP contribution in [0.25, 0.3) is 0 Å². The van der Waals surface area contributed by atoms with Crippen LogP contribution in [0.5, 0.6) is 11.5 Å². The summed E-state index contributed by atoms with van der Waals surface area (Å²) in [4.78, 5) is 13.9. The number of carbonyl (C=O) groups is 1. The van der Waals surface area contributed by atoms with E-state index < -0.39 is 0 Å². The lowest BCUT2D eigenvalue weighted by molar-refractivity contribution is -0.128. The van der Waals surface area contributed by atoms with Gasteiger partial charge in [-0.25, -0.2) is 0 Å². The van der Waals surface area contributed by atoms with Crippen LogP contribution in [0, 0.1) is 0 Å². The Morgan fingerprint density at radius 3 is 3.20 bits per heavy atom. The maximum atomic E-state index is 12.0. The number of hydrogen-bond donors (Lipinski definition) is 0. The van der Waals surface area contributed by atoms with E-state index in [1.54, 1.807) is 18.9 Å². The van der Waals surface area contributed by atoms with E-state index in [2.05, 4.69) is 0 Å². The summed E-state index contributed by atoms with van der Waals surface area (Å²) in [5.41, 5.74) is 1.02. The van der Waals surface area contributed by atoms with Crippen molar-refractivity contribution in [2.24, 2.45) is 0 Å². The van der Waals surface area contributed by atoms with Crippen molar-refractivity contribution in [1.82, 2.24) is 4.90 Å². The molecule has 1 saturated heterocycles. The summed E-state index contributed by atoms with van der Waals surface area (Å²) in [6.07, 6.45) is 0.839. The summed E-state index contributed by atoms with van der Waals surface area (Å²) in [5, 5.41) is 0.0102. The maximum Gasteiger partial charge on any atom is 0.233 e. The molecule has 0 bridgehead atoms. The molecule has 0 saturated carbocycles. The SMILES string of the molecule is COCCCN1C(=O)CSC1c1cccc2c1OCO2. The van der Waals surface area contributed by atoms with Crippen molar-refractivity contribution < 1.29 is 19.0 Å². The molecule has 1 atom stereocenters. The number of rotatable bonds is 5. The van der Waals surface area contributed by atoms with Gasteiger partial charge in [0.25, 0.3) is 0 Å². The average molecular weight is 295 g/mol. The summed E-state index contributed by atoms with van der Waals surface area (Å²) in [5.74, 6) is 2.23. The van der Waals surface area contributed by atoms with E-state index in [0.717, 1.165) is 23.5 Å². The zero-order valence-corrected chi connectivity index (χ0v) is 12.1. The smallest absolute Gasteiger partial charge is 0.233 e. The fraction of sp³-hybridized carbons (Fsp3) is 0.500. The van der Waals surface area contributed by atoms with Gasteiger partial charge in [-0.05, 0) is 12.5 Å². The highest BCUT2D eigenvalue weighted by Gasteiger charge is 2.35. The molecule has 0 radical (unpaired) electrons. The third-order valence-electron chi connectivity index (χ3n) is 3.41. The molecule has 2 heterocycles. The minimum absolute atomic E-state index is 0.0102. The quantitative estimate of drug-likeness (QED) is 0.778. The zero-order chi connectivity index (χ0) is 13.9. The van der Waals surface area contributed by atoms with Crippen LogP contribution in [0.2, 0.25) is 0 Å². The molecule has 20 heavy (non-hydrogen) atoms. The molecule has 108 valence electrons. The van der Waals surface area contributed by atoms with Crippen molar-refractivity contribution in [3.63, 3.8) is 0 Å². The molecule has 1 unspecified atom stereocenters. The van der Waals surface area contributed by atoms with Crippen LogP contribution >= 0.6 is 11.8 Å². The number of thioether (sulfide) groups is 1. The Morgan fingerprint density at radius 1 is 1.45 bits per heavy atom. The van der Waals surface area contributed by atoms with Crippen molar-refractivity contribution in [2.45, 2.75) is 11.8 Å². The van der Waals surface area contributed by atoms with Gasteiger partial charge >= 0.3 is 0 Å². The molecule has 0 spiro atoms. The van der Waals surface area contributed by atoms with Gasteiger partial charge in [0.05, 0.1) is 5.75 Å². The first kappa shape index (κ1) is 13.6. The van der Waals surface area contributed by atoms with E-state index in [9.17, 15) is 4.79 Å². The topological polar surface area (TPSA) is 48.0 Å². The lowest BCUT2D eigenvalue weighted by atomic mass is 10.1. The predicted octanol–water partition coefficient (Wildman–Crippen LogP) is 2.03. The Labute approximate surface area is 122 Å². The van der Waals surface area contributed by atoms with E-state index in [-0.39, 0.29) is 18.1 Å². The summed E-state index contributed by atoms with van der Waals surface area (Å²) in [6, 6.07) is 5.84. The van der Waals surface area contributed by atoms with Crippen molar-refractivity contribution in [2.75, 3.05) is 32.8 Å². The number of amides is 1. The molecule has 0 N–H and O–H groups in total. The number of ether oxygens (including phenoxy) is 3. The molecule has 5 nitrogen and oxygen atoms in total. The standard InChI is InChI=1S/C14H17NO4S/c1-17-7-3-6-15-12(16)8-20-14(15)10-4-2-5-11-13(10)19-9-18-11/h2,4-5,14H,3,6-9H2,1H3.